The number of hydrogen-bond donors (Lipinski definition) is 2. The van der Waals surface area contributed by atoms with Gasteiger partial charge in [0.05, 0.1) is 32.2 Å². The number of aryl methyl sites for hydroxylation is 2. The molecule has 0 radical (unpaired) electrons. The van der Waals surface area contributed by atoms with Crippen molar-refractivity contribution < 1.29 is 19.1 Å². The predicted octanol–water partition coefficient (Wildman–Crippen LogP) is 11.6. The SMILES string of the molecule is [C-]#[N+]c1c(C)cc(-c2cccc3cccc(-c4ccc(-c5cccc6cccc(-c7cc(OC)c(C#N)c(OC)c7)c56)c(NC(C)=O)c4NC(C)=O)c23)cc1C. The van der Waals surface area contributed by atoms with Crippen LogP contribution < -0.4 is 20.1 Å². The fourth-order valence-corrected chi connectivity index (χ4v) is 7.74. The topological polar surface area (TPSA) is 105 Å². The molecule has 7 aromatic carbocycles. The Hall–Kier alpha value is -7.42. The number of fused-ring (bicyclic) bond motifs is 2. The normalized spacial score (nSPS) is 10.8. The number of carbonyl (C=O) groups is 2. The highest BCUT2D eigenvalue weighted by atomic mass is 16.5. The maximum atomic E-state index is 13.1. The van der Waals surface area contributed by atoms with Crippen LogP contribution in [0.5, 0.6) is 11.5 Å². The minimum atomic E-state index is -0.304. The molecule has 0 spiro atoms. The van der Waals surface area contributed by atoms with E-state index in [0.717, 1.165) is 71.6 Å². The lowest BCUT2D eigenvalue weighted by molar-refractivity contribution is -0.115. The van der Waals surface area contributed by atoms with E-state index in [4.69, 9.17) is 16.0 Å². The average Bonchev–Trinajstić information content (AvgIpc) is 3.19. The summed E-state index contributed by atoms with van der Waals surface area (Å²) in [5.74, 6) is 0.165. The highest BCUT2D eigenvalue weighted by Crippen LogP contribution is 2.48. The van der Waals surface area contributed by atoms with Gasteiger partial charge in [-0.3, -0.25) is 9.59 Å². The van der Waals surface area contributed by atoms with Gasteiger partial charge in [0.2, 0.25) is 11.8 Å². The van der Waals surface area contributed by atoms with Gasteiger partial charge >= 0.3 is 0 Å². The van der Waals surface area contributed by atoms with Gasteiger partial charge in [-0.1, -0.05) is 97.1 Å². The molecule has 0 aliphatic carbocycles. The number of carbonyl (C=O) groups excluding carboxylic acids is 2. The Bertz CT molecular complexity index is 2780. The number of nitriles is 1. The zero-order valence-electron chi connectivity index (χ0n) is 31.9. The second-order valence-electron chi connectivity index (χ2n) is 13.6. The fraction of sp³-hybridized carbons (Fsp3) is 0.125. The summed E-state index contributed by atoms with van der Waals surface area (Å²) in [5.41, 5.74) is 10.3. The van der Waals surface area contributed by atoms with Gasteiger partial charge in [-0.25, -0.2) is 4.85 Å². The van der Waals surface area contributed by atoms with Crippen molar-refractivity contribution in [3.63, 3.8) is 0 Å². The number of hydrogen-bond acceptors (Lipinski definition) is 5. The lowest BCUT2D eigenvalue weighted by atomic mass is 9.86. The van der Waals surface area contributed by atoms with Crippen LogP contribution in [0.25, 0.3) is 70.9 Å². The van der Waals surface area contributed by atoms with Crippen LogP contribution in [-0.2, 0) is 9.59 Å². The summed E-state index contributed by atoms with van der Waals surface area (Å²) in [4.78, 5) is 30.0. The minimum Gasteiger partial charge on any atom is -0.495 e. The monoisotopic (exact) mass is 734 g/mol. The Kier molecular flexibility index (Phi) is 9.98. The van der Waals surface area contributed by atoms with Crippen molar-refractivity contribution in [1.29, 1.82) is 5.26 Å². The van der Waals surface area contributed by atoms with E-state index in [1.165, 1.54) is 28.1 Å². The summed E-state index contributed by atoms with van der Waals surface area (Å²) in [6.07, 6.45) is 0. The van der Waals surface area contributed by atoms with Crippen LogP contribution in [0.1, 0.15) is 30.5 Å². The smallest absolute Gasteiger partial charge is 0.221 e. The Morgan fingerprint density at radius 1 is 0.607 bits per heavy atom. The molecule has 0 aliphatic heterocycles. The maximum Gasteiger partial charge on any atom is 0.221 e. The largest absolute Gasteiger partial charge is 0.495 e. The fourth-order valence-electron chi connectivity index (χ4n) is 7.74. The number of methoxy groups -OCH3 is 2. The molecule has 0 heterocycles. The second-order valence-corrected chi connectivity index (χ2v) is 13.6. The van der Waals surface area contributed by atoms with Crippen LogP contribution in [-0.4, -0.2) is 26.0 Å². The highest BCUT2D eigenvalue weighted by Gasteiger charge is 2.23. The molecule has 8 heteroatoms. The molecule has 0 saturated heterocycles. The summed E-state index contributed by atoms with van der Waals surface area (Å²) in [6, 6.07) is 38.1. The van der Waals surface area contributed by atoms with Gasteiger partial charge in [-0.15, -0.1) is 0 Å². The Morgan fingerprint density at radius 3 is 1.36 bits per heavy atom. The van der Waals surface area contributed by atoms with Crippen molar-refractivity contribution in [2.45, 2.75) is 27.7 Å². The zero-order chi connectivity index (χ0) is 39.7. The van der Waals surface area contributed by atoms with E-state index < -0.39 is 0 Å². The van der Waals surface area contributed by atoms with Crippen LogP contribution in [0.15, 0.2) is 109 Å². The van der Waals surface area contributed by atoms with Crippen molar-refractivity contribution in [3.8, 4) is 62.1 Å². The number of nitrogens with one attached hydrogen (secondary N) is 2. The second kappa shape index (κ2) is 15.1. The minimum absolute atomic E-state index is 0.296. The number of anilines is 2. The zero-order valence-corrected chi connectivity index (χ0v) is 31.9. The van der Waals surface area contributed by atoms with Gasteiger partial charge < -0.3 is 20.1 Å². The van der Waals surface area contributed by atoms with Crippen LogP contribution in [0.2, 0.25) is 0 Å². The molecular formula is C48H38N4O4. The quantitative estimate of drug-likeness (QED) is 0.151. The summed E-state index contributed by atoms with van der Waals surface area (Å²) in [6.45, 7) is 14.5. The molecule has 0 aromatic heterocycles. The van der Waals surface area contributed by atoms with Gasteiger partial charge in [0, 0.05) is 25.0 Å². The van der Waals surface area contributed by atoms with Gasteiger partial charge in [0.25, 0.3) is 0 Å². The lowest BCUT2D eigenvalue weighted by Gasteiger charge is -2.23. The van der Waals surface area contributed by atoms with Crippen LogP contribution in [0, 0.1) is 31.8 Å². The molecular weight excluding hydrogens is 697 g/mol. The van der Waals surface area contributed by atoms with Gasteiger partial charge in [-0.2, -0.15) is 5.26 Å². The molecule has 0 saturated carbocycles. The highest BCUT2D eigenvalue weighted by molar-refractivity contribution is 6.16. The first-order valence-electron chi connectivity index (χ1n) is 18.0. The van der Waals surface area contributed by atoms with E-state index in [2.05, 4.69) is 39.7 Å². The molecule has 7 aromatic rings. The molecule has 0 unspecified atom stereocenters. The van der Waals surface area contributed by atoms with E-state index in [-0.39, 0.29) is 11.8 Å². The first-order valence-corrected chi connectivity index (χ1v) is 18.0. The first-order chi connectivity index (χ1) is 27.1. The van der Waals surface area contributed by atoms with Crippen LogP contribution in [0.3, 0.4) is 0 Å². The standard InChI is InChI=1S/C48H38N4O4/c1-27-22-33(23-28(2)46(27)50-5)35-16-8-12-31-14-10-18-37(44(31)35)39-20-21-40(48(52-30(4)54)47(39)51-29(3)53)38-19-11-15-32-13-9-17-36(45(32)38)34-24-42(55-6)41(26-49)43(25-34)56-7/h8-25H,1-4,6-7H3,(H,51,53)(H,52,54). The van der Waals surface area contributed by atoms with Crippen LogP contribution in [0.4, 0.5) is 17.1 Å². The molecule has 0 atom stereocenters. The molecule has 274 valence electrons. The third-order valence-electron chi connectivity index (χ3n) is 10.0. The molecule has 56 heavy (non-hydrogen) atoms. The molecule has 0 fully saturated rings. The molecule has 8 nitrogen and oxygen atoms in total. The third-order valence-corrected chi connectivity index (χ3v) is 10.0. The lowest BCUT2D eigenvalue weighted by Crippen LogP contribution is -2.14. The van der Waals surface area contributed by atoms with Gasteiger partial charge in [-0.05, 0) is 92.0 Å². The Morgan fingerprint density at radius 2 is 1.00 bits per heavy atom. The molecule has 7 rings (SSSR count). The summed E-state index contributed by atoms with van der Waals surface area (Å²) in [7, 11) is 3.04. The van der Waals surface area contributed by atoms with E-state index in [1.807, 2.05) is 105 Å². The Balaban J connectivity index is 1.54. The van der Waals surface area contributed by atoms with Gasteiger partial charge in [0.1, 0.15) is 23.1 Å². The first kappa shape index (κ1) is 36.9. The number of nitrogens with zero attached hydrogens (tertiary/aromatic N) is 2. The summed E-state index contributed by atoms with van der Waals surface area (Å²) < 4.78 is 11.3. The molecule has 2 amide bonds. The predicted molar refractivity (Wildman–Crippen MR) is 225 cm³/mol. The van der Waals surface area contributed by atoms with Crippen molar-refractivity contribution in [1.82, 2.24) is 0 Å². The third kappa shape index (κ3) is 6.55. The van der Waals surface area contributed by atoms with Crippen molar-refractivity contribution in [2.24, 2.45) is 0 Å². The summed E-state index contributed by atoms with van der Waals surface area (Å²) in [5, 5.41) is 19.9. The van der Waals surface area contributed by atoms with Crippen molar-refractivity contribution in [3.05, 3.63) is 137 Å². The average molecular weight is 735 g/mol. The number of rotatable bonds is 8. The van der Waals surface area contributed by atoms with Crippen LogP contribution >= 0.6 is 0 Å². The number of ether oxygens (including phenoxy) is 2. The van der Waals surface area contributed by atoms with E-state index in [9.17, 15) is 14.9 Å². The van der Waals surface area contributed by atoms with E-state index in [0.29, 0.717) is 39.7 Å². The van der Waals surface area contributed by atoms with Crippen molar-refractivity contribution >= 4 is 50.4 Å². The maximum absolute atomic E-state index is 13.1. The molecule has 0 aliphatic rings. The van der Waals surface area contributed by atoms with E-state index in [1.54, 1.807) is 0 Å². The Labute approximate surface area is 325 Å². The number of benzene rings is 7. The van der Waals surface area contributed by atoms with Crippen molar-refractivity contribution in [2.75, 3.05) is 24.9 Å². The number of amides is 2. The van der Waals surface area contributed by atoms with Gasteiger partial charge in [0.15, 0.2) is 5.69 Å². The van der Waals surface area contributed by atoms with E-state index >= 15 is 0 Å². The molecule has 2 N–H and O–H groups in total. The summed E-state index contributed by atoms with van der Waals surface area (Å²) >= 11 is 0. The molecule has 0 bridgehead atoms.